The number of hydrogen-bond acceptors (Lipinski definition) is 3. The van der Waals surface area contributed by atoms with Gasteiger partial charge in [-0.3, -0.25) is 4.98 Å². The van der Waals surface area contributed by atoms with Crippen molar-refractivity contribution in [3.05, 3.63) is 30.0 Å². The van der Waals surface area contributed by atoms with E-state index in [1.165, 1.54) is 0 Å². The van der Waals surface area contributed by atoms with Crippen molar-refractivity contribution in [2.75, 3.05) is 0 Å². The Morgan fingerprint density at radius 3 is 2.93 bits per heavy atom. The van der Waals surface area contributed by atoms with Crippen LogP contribution in [0.2, 0.25) is 0 Å². The lowest BCUT2D eigenvalue weighted by Crippen LogP contribution is -1.83. The summed E-state index contributed by atoms with van der Waals surface area (Å²) in [6, 6.07) is 6.03. The molecule has 0 radical (unpaired) electrons. The van der Waals surface area contributed by atoms with Gasteiger partial charge in [-0.05, 0) is 24.6 Å². The molecule has 3 aromatic rings. The Morgan fingerprint density at radius 1 is 1.14 bits per heavy atom. The molecular formula is C10H8N4. The zero-order chi connectivity index (χ0) is 9.54. The summed E-state index contributed by atoms with van der Waals surface area (Å²) in [7, 11) is 0. The molecule has 0 spiro atoms. The third-order valence-corrected chi connectivity index (χ3v) is 2.36. The highest BCUT2D eigenvalue weighted by molar-refractivity contribution is 6.02. The van der Waals surface area contributed by atoms with Crippen LogP contribution in [-0.2, 0) is 0 Å². The molecule has 0 bridgehead atoms. The van der Waals surface area contributed by atoms with Crippen molar-refractivity contribution < 1.29 is 0 Å². The van der Waals surface area contributed by atoms with Crippen LogP contribution in [0.25, 0.3) is 21.9 Å². The Labute approximate surface area is 80.0 Å². The smallest absolute Gasteiger partial charge is 0.139 e. The van der Waals surface area contributed by atoms with Gasteiger partial charge >= 0.3 is 0 Å². The van der Waals surface area contributed by atoms with Crippen LogP contribution in [-0.4, -0.2) is 20.4 Å². The second kappa shape index (κ2) is 2.51. The van der Waals surface area contributed by atoms with E-state index in [9.17, 15) is 0 Å². The normalized spacial score (nSPS) is 11.2. The lowest BCUT2D eigenvalue weighted by Gasteiger charge is -1.98. The van der Waals surface area contributed by atoms with Crippen molar-refractivity contribution in [1.29, 1.82) is 0 Å². The fraction of sp³-hybridized carbons (Fsp3) is 0.100. The van der Waals surface area contributed by atoms with Crippen molar-refractivity contribution in [3.63, 3.8) is 0 Å². The van der Waals surface area contributed by atoms with Gasteiger partial charge < -0.3 is 0 Å². The number of aryl methyl sites for hydroxylation is 1. The van der Waals surface area contributed by atoms with E-state index in [1.807, 2.05) is 19.1 Å². The van der Waals surface area contributed by atoms with E-state index >= 15 is 0 Å². The number of aromatic amines is 1. The van der Waals surface area contributed by atoms with Crippen LogP contribution in [0.1, 0.15) is 5.56 Å². The molecule has 1 aromatic carbocycles. The van der Waals surface area contributed by atoms with E-state index in [0.29, 0.717) is 0 Å². The topological polar surface area (TPSA) is 54.5 Å². The standard InChI is InChI=1S/C10H8N4/c1-6-5-7-3-2-4-11-9(7)10-8(6)12-14-13-10/h2-5H,1H3,(H,12,13,14). The summed E-state index contributed by atoms with van der Waals surface area (Å²) in [5.74, 6) is 0. The van der Waals surface area contributed by atoms with Gasteiger partial charge in [-0.15, -0.1) is 0 Å². The summed E-state index contributed by atoms with van der Waals surface area (Å²) in [5.41, 5.74) is 3.77. The van der Waals surface area contributed by atoms with Gasteiger partial charge in [0.15, 0.2) is 0 Å². The molecule has 4 nitrogen and oxygen atoms in total. The Bertz CT molecular complexity index is 612. The number of fused-ring (bicyclic) bond motifs is 3. The molecule has 0 saturated carbocycles. The number of hydrogen-bond donors (Lipinski definition) is 1. The van der Waals surface area contributed by atoms with Gasteiger partial charge in [0.25, 0.3) is 0 Å². The summed E-state index contributed by atoms with van der Waals surface area (Å²) in [5, 5.41) is 11.9. The first-order valence-corrected chi connectivity index (χ1v) is 4.41. The van der Waals surface area contributed by atoms with Gasteiger partial charge in [-0.2, -0.15) is 15.4 Å². The zero-order valence-corrected chi connectivity index (χ0v) is 7.65. The molecule has 0 aliphatic rings. The first-order valence-electron chi connectivity index (χ1n) is 4.41. The first kappa shape index (κ1) is 7.44. The maximum absolute atomic E-state index is 4.30. The van der Waals surface area contributed by atoms with Gasteiger partial charge in [-0.1, -0.05) is 6.07 Å². The van der Waals surface area contributed by atoms with Gasteiger partial charge in [-0.25, -0.2) is 0 Å². The highest BCUT2D eigenvalue weighted by Crippen LogP contribution is 2.22. The summed E-state index contributed by atoms with van der Waals surface area (Å²) >= 11 is 0. The summed E-state index contributed by atoms with van der Waals surface area (Å²) in [6.45, 7) is 2.03. The van der Waals surface area contributed by atoms with Crippen molar-refractivity contribution >= 4 is 21.9 Å². The van der Waals surface area contributed by atoms with E-state index < -0.39 is 0 Å². The van der Waals surface area contributed by atoms with Crippen molar-refractivity contribution in [1.82, 2.24) is 20.4 Å². The van der Waals surface area contributed by atoms with Crippen LogP contribution < -0.4 is 0 Å². The van der Waals surface area contributed by atoms with Gasteiger partial charge in [0.1, 0.15) is 11.0 Å². The fourth-order valence-electron chi connectivity index (χ4n) is 1.70. The molecule has 3 rings (SSSR count). The predicted octanol–water partition coefficient (Wildman–Crippen LogP) is 1.81. The number of rotatable bonds is 0. The Morgan fingerprint density at radius 2 is 2.00 bits per heavy atom. The molecule has 0 aliphatic carbocycles. The van der Waals surface area contributed by atoms with Crippen molar-refractivity contribution in [2.24, 2.45) is 0 Å². The quantitative estimate of drug-likeness (QED) is 0.579. The minimum atomic E-state index is 0.848. The zero-order valence-electron chi connectivity index (χ0n) is 7.65. The summed E-state index contributed by atoms with van der Waals surface area (Å²) in [6.07, 6.45) is 1.77. The fourth-order valence-corrected chi connectivity index (χ4v) is 1.70. The predicted molar refractivity (Wildman–Crippen MR) is 53.9 cm³/mol. The van der Waals surface area contributed by atoms with E-state index in [2.05, 4.69) is 26.5 Å². The second-order valence-corrected chi connectivity index (χ2v) is 3.29. The Balaban J connectivity index is 2.66. The first-order chi connectivity index (χ1) is 6.86. The van der Waals surface area contributed by atoms with Crippen LogP contribution in [0.15, 0.2) is 24.4 Å². The maximum atomic E-state index is 4.30. The highest BCUT2D eigenvalue weighted by atomic mass is 15.3. The number of nitrogens with zero attached hydrogens (tertiary/aromatic N) is 3. The molecule has 0 unspecified atom stereocenters. The molecule has 0 atom stereocenters. The van der Waals surface area contributed by atoms with Crippen LogP contribution in [0.3, 0.4) is 0 Å². The molecule has 4 heteroatoms. The van der Waals surface area contributed by atoms with Crippen LogP contribution >= 0.6 is 0 Å². The molecule has 14 heavy (non-hydrogen) atoms. The van der Waals surface area contributed by atoms with E-state index in [-0.39, 0.29) is 0 Å². The number of nitrogens with one attached hydrogen (secondary N) is 1. The summed E-state index contributed by atoms with van der Waals surface area (Å²) < 4.78 is 0. The summed E-state index contributed by atoms with van der Waals surface area (Å²) in [4.78, 5) is 4.30. The number of H-pyrrole nitrogens is 1. The third kappa shape index (κ3) is 0.849. The van der Waals surface area contributed by atoms with Crippen molar-refractivity contribution in [3.8, 4) is 0 Å². The highest BCUT2D eigenvalue weighted by Gasteiger charge is 2.07. The molecule has 68 valence electrons. The van der Waals surface area contributed by atoms with E-state index in [4.69, 9.17) is 0 Å². The Kier molecular flexibility index (Phi) is 1.33. The molecule has 1 N–H and O–H groups in total. The molecule has 2 aromatic heterocycles. The minimum absolute atomic E-state index is 0.848. The lowest BCUT2D eigenvalue weighted by molar-refractivity contribution is 0.958. The third-order valence-electron chi connectivity index (χ3n) is 2.36. The van der Waals surface area contributed by atoms with Gasteiger partial charge in [0.2, 0.25) is 0 Å². The van der Waals surface area contributed by atoms with Crippen LogP contribution in [0.5, 0.6) is 0 Å². The molecule has 0 amide bonds. The number of benzene rings is 1. The number of aromatic nitrogens is 4. The van der Waals surface area contributed by atoms with E-state index in [0.717, 1.165) is 27.5 Å². The molecular weight excluding hydrogens is 176 g/mol. The van der Waals surface area contributed by atoms with Gasteiger partial charge in [0, 0.05) is 11.6 Å². The Hall–Kier alpha value is -1.97. The lowest BCUT2D eigenvalue weighted by atomic mass is 10.1. The molecule has 0 fully saturated rings. The largest absolute Gasteiger partial charge is 0.254 e. The average Bonchev–Trinajstić information content (AvgIpc) is 2.67. The van der Waals surface area contributed by atoms with Crippen molar-refractivity contribution in [2.45, 2.75) is 6.92 Å². The number of pyridine rings is 1. The molecule has 0 aliphatic heterocycles. The van der Waals surface area contributed by atoms with Crippen LogP contribution in [0.4, 0.5) is 0 Å². The molecule has 2 heterocycles. The van der Waals surface area contributed by atoms with E-state index in [1.54, 1.807) is 6.20 Å². The molecule has 0 saturated heterocycles. The average molecular weight is 184 g/mol. The maximum Gasteiger partial charge on any atom is 0.139 e. The minimum Gasteiger partial charge on any atom is -0.254 e. The monoisotopic (exact) mass is 184 g/mol. The second-order valence-electron chi connectivity index (χ2n) is 3.29. The SMILES string of the molecule is Cc1cc2cccnc2c2n[nH]nc12. The van der Waals surface area contributed by atoms with Crippen LogP contribution in [0, 0.1) is 6.92 Å². The van der Waals surface area contributed by atoms with Gasteiger partial charge in [0.05, 0.1) is 5.52 Å².